The van der Waals surface area contributed by atoms with E-state index < -0.39 is 0 Å². The lowest BCUT2D eigenvalue weighted by atomic mass is 10.1. The molecule has 1 aromatic heterocycles. The molecule has 3 aromatic rings. The first-order valence-electron chi connectivity index (χ1n) is 6.60. The average Bonchev–Trinajstić information content (AvgIpc) is 2.52. The Morgan fingerprint density at radius 2 is 1.86 bits per heavy atom. The van der Waals surface area contributed by atoms with Gasteiger partial charge in [-0.05, 0) is 40.3 Å². The van der Waals surface area contributed by atoms with Crippen LogP contribution in [0, 0.1) is 3.57 Å². The van der Waals surface area contributed by atoms with E-state index in [2.05, 4.69) is 22.6 Å². The van der Waals surface area contributed by atoms with Crippen LogP contribution in [0.3, 0.4) is 0 Å². The highest BCUT2D eigenvalue weighted by molar-refractivity contribution is 14.1. The topological polar surface area (TPSA) is 31.2 Å². The normalized spacial score (nSPS) is 10.8. The zero-order chi connectivity index (χ0) is 14.8. The highest BCUT2D eigenvalue weighted by atomic mass is 127. The van der Waals surface area contributed by atoms with Crippen molar-refractivity contribution >= 4 is 33.5 Å². The average molecular weight is 391 g/mol. The second kappa shape index (κ2) is 5.89. The molecule has 4 heteroatoms. The summed E-state index contributed by atoms with van der Waals surface area (Å²) in [6.07, 6.45) is 0. The molecule has 106 valence electrons. The van der Waals surface area contributed by atoms with Gasteiger partial charge in [-0.15, -0.1) is 0 Å². The van der Waals surface area contributed by atoms with E-state index in [1.807, 2.05) is 48.5 Å². The largest absolute Gasteiger partial charge is 0.497 e. The Balaban J connectivity index is 2.23. The standard InChI is InChI=1S/C17H14INO2/c1-21-13-7-8-14-15(18)10-17(20)19(16(14)9-13)11-12-5-3-2-4-6-12/h2-10H,11H2,1H3. The maximum Gasteiger partial charge on any atom is 0.252 e. The van der Waals surface area contributed by atoms with E-state index in [0.29, 0.717) is 6.54 Å². The molecule has 2 aromatic carbocycles. The predicted molar refractivity (Wildman–Crippen MR) is 93.0 cm³/mol. The number of ether oxygens (including phenoxy) is 1. The van der Waals surface area contributed by atoms with E-state index >= 15 is 0 Å². The van der Waals surface area contributed by atoms with Crippen LogP contribution in [0.2, 0.25) is 0 Å². The lowest BCUT2D eigenvalue weighted by molar-refractivity contribution is 0.415. The van der Waals surface area contributed by atoms with Gasteiger partial charge >= 0.3 is 0 Å². The van der Waals surface area contributed by atoms with Gasteiger partial charge in [-0.2, -0.15) is 0 Å². The highest BCUT2D eigenvalue weighted by Gasteiger charge is 2.09. The second-order valence-electron chi connectivity index (χ2n) is 4.79. The number of nitrogens with zero attached hydrogens (tertiary/aromatic N) is 1. The van der Waals surface area contributed by atoms with Crippen LogP contribution in [-0.4, -0.2) is 11.7 Å². The van der Waals surface area contributed by atoms with Gasteiger partial charge in [-0.3, -0.25) is 4.79 Å². The molecule has 3 nitrogen and oxygen atoms in total. The minimum atomic E-state index is 0.00371. The van der Waals surface area contributed by atoms with E-state index in [4.69, 9.17) is 4.74 Å². The van der Waals surface area contributed by atoms with Crippen LogP contribution < -0.4 is 10.3 Å². The summed E-state index contributed by atoms with van der Waals surface area (Å²) in [6, 6.07) is 17.5. The minimum Gasteiger partial charge on any atom is -0.497 e. The molecule has 21 heavy (non-hydrogen) atoms. The summed E-state index contributed by atoms with van der Waals surface area (Å²) in [5.74, 6) is 0.755. The van der Waals surface area contributed by atoms with Crippen LogP contribution in [0.1, 0.15) is 5.56 Å². The van der Waals surface area contributed by atoms with Gasteiger partial charge in [0.05, 0.1) is 19.2 Å². The first-order chi connectivity index (χ1) is 10.2. The van der Waals surface area contributed by atoms with Crippen LogP contribution >= 0.6 is 22.6 Å². The Labute approximate surface area is 136 Å². The van der Waals surface area contributed by atoms with Crippen LogP contribution in [0.15, 0.2) is 59.4 Å². The van der Waals surface area contributed by atoms with Crippen LogP contribution in [0.25, 0.3) is 10.9 Å². The van der Waals surface area contributed by atoms with Gasteiger partial charge in [0, 0.05) is 21.1 Å². The van der Waals surface area contributed by atoms with Gasteiger partial charge in [0.1, 0.15) is 5.75 Å². The first kappa shape index (κ1) is 14.1. The van der Waals surface area contributed by atoms with Gasteiger partial charge < -0.3 is 9.30 Å². The molecule has 0 aliphatic rings. The number of benzene rings is 2. The molecular weight excluding hydrogens is 377 g/mol. The summed E-state index contributed by atoms with van der Waals surface area (Å²) in [4.78, 5) is 12.4. The Morgan fingerprint density at radius 1 is 1.10 bits per heavy atom. The van der Waals surface area contributed by atoms with Gasteiger partial charge in [0.15, 0.2) is 0 Å². The Bertz CT molecular complexity index is 841. The molecule has 0 saturated heterocycles. The molecule has 0 bridgehead atoms. The molecule has 0 saturated carbocycles. The SMILES string of the molecule is COc1ccc2c(I)cc(=O)n(Cc3ccccc3)c2c1. The zero-order valence-corrected chi connectivity index (χ0v) is 13.7. The molecule has 0 unspecified atom stereocenters. The van der Waals surface area contributed by atoms with Gasteiger partial charge in [-0.1, -0.05) is 30.3 Å². The van der Waals surface area contributed by atoms with E-state index in [1.165, 1.54) is 0 Å². The molecule has 0 fully saturated rings. The number of methoxy groups -OCH3 is 1. The molecule has 0 atom stereocenters. The number of aromatic nitrogens is 1. The molecule has 0 spiro atoms. The van der Waals surface area contributed by atoms with E-state index in [0.717, 1.165) is 25.8 Å². The maximum absolute atomic E-state index is 12.4. The smallest absolute Gasteiger partial charge is 0.252 e. The van der Waals surface area contributed by atoms with Crippen molar-refractivity contribution in [1.29, 1.82) is 0 Å². The van der Waals surface area contributed by atoms with Crippen molar-refractivity contribution in [3.8, 4) is 5.75 Å². The summed E-state index contributed by atoms with van der Waals surface area (Å²) in [7, 11) is 1.63. The Morgan fingerprint density at radius 3 is 2.57 bits per heavy atom. The number of fused-ring (bicyclic) bond motifs is 1. The van der Waals surface area contributed by atoms with E-state index in [-0.39, 0.29) is 5.56 Å². The second-order valence-corrected chi connectivity index (χ2v) is 5.95. The van der Waals surface area contributed by atoms with E-state index in [1.54, 1.807) is 17.7 Å². The third-order valence-corrected chi connectivity index (χ3v) is 4.35. The van der Waals surface area contributed by atoms with E-state index in [9.17, 15) is 4.79 Å². The van der Waals surface area contributed by atoms with Crippen molar-refractivity contribution in [2.75, 3.05) is 7.11 Å². The molecule has 0 aliphatic carbocycles. The van der Waals surface area contributed by atoms with Crippen LogP contribution in [0.4, 0.5) is 0 Å². The Kier molecular flexibility index (Phi) is 3.96. The summed E-state index contributed by atoms with van der Waals surface area (Å²) in [5, 5.41) is 1.06. The maximum atomic E-state index is 12.4. The number of pyridine rings is 1. The summed E-state index contributed by atoms with van der Waals surface area (Å²) in [6.45, 7) is 0.556. The number of hydrogen-bond donors (Lipinski definition) is 0. The lowest BCUT2D eigenvalue weighted by Crippen LogP contribution is -2.21. The summed E-state index contributed by atoms with van der Waals surface area (Å²) in [5.41, 5.74) is 2.00. The Hall–Kier alpha value is -1.82. The minimum absolute atomic E-state index is 0.00371. The van der Waals surface area contributed by atoms with Crippen molar-refractivity contribution in [1.82, 2.24) is 4.57 Å². The zero-order valence-electron chi connectivity index (χ0n) is 11.5. The van der Waals surface area contributed by atoms with Gasteiger partial charge in [-0.25, -0.2) is 0 Å². The van der Waals surface area contributed by atoms with Gasteiger partial charge in [0.25, 0.3) is 5.56 Å². The van der Waals surface area contributed by atoms with Crippen molar-refractivity contribution in [3.63, 3.8) is 0 Å². The highest BCUT2D eigenvalue weighted by Crippen LogP contribution is 2.24. The van der Waals surface area contributed by atoms with Gasteiger partial charge in [0.2, 0.25) is 0 Å². The molecule has 0 amide bonds. The summed E-state index contributed by atoms with van der Waals surface area (Å²) >= 11 is 2.20. The molecule has 0 N–H and O–H groups in total. The molecule has 1 heterocycles. The summed E-state index contributed by atoms with van der Waals surface area (Å²) < 4.78 is 8.03. The van der Waals surface area contributed by atoms with Crippen molar-refractivity contribution < 1.29 is 4.74 Å². The quantitative estimate of drug-likeness (QED) is 0.639. The fourth-order valence-electron chi connectivity index (χ4n) is 2.38. The molecule has 0 radical (unpaired) electrons. The number of halogens is 1. The van der Waals surface area contributed by atoms with Crippen molar-refractivity contribution in [2.45, 2.75) is 6.54 Å². The van der Waals surface area contributed by atoms with Crippen LogP contribution in [-0.2, 0) is 6.54 Å². The first-order valence-corrected chi connectivity index (χ1v) is 7.68. The lowest BCUT2D eigenvalue weighted by Gasteiger charge is -2.12. The monoisotopic (exact) mass is 391 g/mol. The third kappa shape index (κ3) is 2.81. The fourth-order valence-corrected chi connectivity index (χ4v) is 3.10. The van der Waals surface area contributed by atoms with Crippen molar-refractivity contribution in [3.05, 3.63) is 74.1 Å². The van der Waals surface area contributed by atoms with Crippen molar-refractivity contribution in [2.24, 2.45) is 0 Å². The van der Waals surface area contributed by atoms with Crippen LogP contribution in [0.5, 0.6) is 5.75 Å². The molecule has 3 rings (SSSR count). The third-order valence-electron chi connectivity index (χ3n) is 3.45. The molecular formula is C17H14INO2. The molecule has 0 aliphatic heterocycles. The fraction of sp³-hybridized carbons (Fsp3) is 0.118. The predicted octanol–water partition coefficient (Wildman–Crippen LogP) is 3.66. The number of hydrogen-bond acceptors (Lipinski definition) is 2. The number of rotatable bonds is 3.